The molecule has 2 rings (SSSR count). The highest BCUT2D eigenvalue weighted by Gasteiger charge is 2.42. The van der Waals surface area contributed by atoms with Gasteiger partial charge in [0.2, 0.25) is 0 Å². The van der Waals surface area contributed by atoms with Crippen molar-refractivity contribution >= 4 is 23.7 Å². The lowest BCUT2D eigenvalue weighted by Gasteiger charge is -2.32. The second-order valence-electron chi connectivity index (χ2n) is 5.25. The second kappa shape index (κ2) is 5.97. The molecule has 1 heterocycles. The Balaban J connectivity index is 2.09. The Morgan fingerprint density at radius 3 is 2.41 bits per heavy atom. The number of rotatable bonds is 4. The van der Waals surface area contributed by atoms with Gasteiger partial charge < -0.3 is 9.47 Å². The molecular weight excluding hydrogens is 290 g/mol. The smallest absolute Gasteiger partial charge is 0.323 e. The molecule has 1 aliphatic rings. The van der Waals surface area contributed by atoms with Gasteiger partial charge in [0.05, 0.1) is 10.5 Å². The minimum absolute atomic E-state index is 0.0475. The molecule has 0 radical (unpaired) electrons. The van der Waals surface area contributed by atoms with E-state index in [9.17, 15) is 19.7 Å². The van der Waals surface area contributed by atoms with Crippen LogP contribution in [0.3, 0.4) is 0 Å². The van der Waals surface area contributed by atoms with E-state index >= 15 is 0 Å². The van der Waals surface area contributed by atoms with Crippen LogP contribution in [0.4, 0.5) is 5.69 Å². The van der Waals surface area contributed by atoms with Crippen LogP contribution < -0.4 is 0 Å². The fraction of sp³-hybridized carbons (Fsp3) is 0.333. The standard InChI is InChI=1S/C15H15NO6/c1-15(2)21-13(17)11(14(18)22-15)8-5-7-10-6-3-4-9-12(10)16(19)20/h3-7,9,11H,8H2,1-2H3/b7-5+. The zero-order chi connectivity index (χ0) is 16.3. The van der Waals surface area contributed by atoms with Crippen LogP contribution in [-0.2, 0) is 19.1 Å². The van der Waals surface area contributed by atoms with E-state index in [-0.39, 0.29) is 12.1 Å². The van der Waals surface area contributed by atoms with Crippen molar-refractivity contribution in [1.29, 1.82) is 0 Å². The fourth-order valence-electron chi connectivity index (χ4n) is 2.06. The van der Waals surface area contributed by atoms with Crippen LogP contribution in [-0.4, -0.2) is 22.6 Å². The number of allylic oxidation sites excluding steroid dienone is 1. The highest BCUT2D eigenvalue weighted by atomic mass is 16.7. The van der Waals surface area contributed by atoms with Crippen LogP contribution in [0.2, 0.25) is 0 Å². The number of carbonyl (C=O) groups excluding carboxylic acids is 2. The molecular formula is C15H15NO6. The van der Waals surface area contributed by atoms with Crippen molar-refractivity contribution in [3.05, 3.63) is 46.0 Å². The highest BCUT2D eigenvalue weighted by Crippen LogP contribution is 2.26. The first-order valence-corrected chi connectivity index (χ1v) is 6.66. The van der Waals surface area contributed by atoms with Crippen molar-refractivity contribution in [2.45, 2.75) is 26.1 Å². The van der Waals surface area contributed by atoms with E-state index in [1.807, 2.05) is 0 Å². The van der Waals surface area contributed by atoms with Gasteiger partial charge in [0.25, 0.3) is 11.5 Å². The Bertz CT molecular complexity index is 629. The fourth-order valence-corrected chi connectivity index (χ4v) is 2.06. The van der Waals surface area contributed by atoms with Gasteiger partial charge in [-0.25, -0.2) is 0 Å². The number of hydrogen-bond donors (Lipinski definition) is 0. The zero-order valence-corrected chi connectivity index (χ0v) is 12.1. The van der Waals surface area contributed by atoms with Crippen LogP contribution in [0, 0.1) is 16.0 Å². The molecule has 0 amide bonds. The molecule has 1 saturated heterocycles. The number of cyclic esters (lactones) is 2. The average molecular weight is 305 g/mol. The second-order valence-corrected chi connectivity index (χ2v) is 5.25. The monoisotopic (exact) mass is 305 g/mol. The van der Waals surface area contributed by atoms with E-state index in [2.05, 4.69) is 0 Å². The van der Waals surface area contributed by atoms with Gasteiger partial charge in [0.15, 0.2) is 5.92 Å². The summed E-state index contributed by atoms with van der Waals surface area (Å²) < 4.78 is 9.99. The van der Waals surface area contributed by atoms with Crippen molar-refractivity contribution in [2.24, 2.45) is 5.92 Å². The molecule has 116 valence electrons. The Morgan fingerprint density at radius 2 is 1.82 bits per heavy atom. The van der Waals surface area contributed by atoms with Gasteiger partial charge in [-0.2, -0.15) is 0 Å². The third-order valence-electron chi connectivity index (χ3n) is 3.06. The van der Waals surface area contributed by atoms with Gasteiger partial charge in [-0.1, -0.05) is 24.3 Å². The minimum Gasteiger partial charge on any atom is -0.422 e. The number of para-hydroxylation sites is 1. The number of nitrogens with zero attached hydrogens (tertiary/aromatic N) is 1. The highest BCUT2D eigenvalue weighted by molar-refractivity contribution is 5.96. The summed E-state index contributed by atoms with van der Waals surface area (Å²) in [7, 11) is 0. The number of nitro benzene ring substituents is 1. The molecule has 0 saturated carbocycles. The number of benzene rings is 1. The summed E-state index contributed by atoms with van der Waals surface area (Å²) in [4.78, 5) is 33.9. The van der Waals surface area contributed by atoms with Gasteiger partial charge in [-0.05, 0) is 12.5 Å². The first-order chi connectivity index (χ1) is 10.3. The van der Waals surface area contributed by atoms with Crippen molar-refractivity contribution in [2.75, 3.05) is 0 Å². The first kappa shape index (κ1) is 15.7. The Hall–Kier alpha value is -2.70. The van der Waals surface area contributed by atoms with E-state index in [0.29, 0.717) is 5.56 Å². The Kier molecular flexibility index (Phi) is 4.25. The summed E-state index contributed by atoms with van der Waals surface area (Å²) in [6.45, 7) is 2.95. The molecule has 0 unspecified atom stereocenters. The lowest BCUT2D eigenvalue weighted by atomic mass is 10.0. The summed E-state index contributed by atoms with van der Waals surface area (Å²) in [5.74, 6) is -3.62. The maximum absolute atomic E-state index is 11.8. The van der Waals surface area contributed by atoms with Crippen molar-refractivity contribution in [3.8, 4) is 0 Å². The molecule has 22 heavy (non-hydrogen) atoms. The predicted molar refractivity (Wildman–Crippen MR) is 76.5 cm³/mol. The van der Waals surface area contributed by atoms with E-state index < -0.39 is 28.6 Å². The average Bonchev–Trinajstić information content (AvgIpc) is 2.41. The maximum Gasteiger partial charge on any atom is 0.323 e. The molecule has 0 spiro atoms. The van der Waals surface area contributed by atoms with Gasteiger partial charge in [0, 0.05) is 19.9 Å². The minimum atomic E-state index is -1.26. The lowest BCUT2D eigenvalue weighted by Crippen LogP contribution is -2.46. The molecule has 0 aromatic heterocycles. The molecule has 0 aliphatic carbocycles. The molecule has 1 fully saturated rings. The van der Waals surface area contributed by atoms with Crippen LogP contribution in [0.25, 0.3) is 6.08 Å². The maximum atomic E-state index is 11.8. The molecule has 0 N–H and O–H groups in total. The van der Waals surface area contributed by atoms with E-state index in [4.69, 9.17) is 9.47 Å². The summed E-state index contributed by atoms with van der Waals surface area (Å²) in [5, 5.41) is 10.9. The third-order valence-corrected chi connectivity index (χ3v) is 3.06. The molecule has 0 bridgehead atoms. The molecule has 7 heteroatoms. The molecule has 7 nitrogen and oxygen atoms in total. The number of carbonyl (C=O) groups is 2. The van der Waals surface area contributed by atoms with Crippen LogP contribution in [0.15, 0.2) is 30.3 Å². The van der Waals surface area contributed by atoms with E-state index in [0.717, 1.165) is 0 Å². The summed E-state index contributed by atoms with van der Waals surface area (Å²) in [6, 6.07) is 6.19. The molecule has 1 aromatic rings. The van der Waals surface area contributed by atoms with Gasteiger partial charge >= 0.3 is 11.9 Å². The zero-order valence-electron chi connectivity index (χ0n) is 12.1. The first-order valence-electron chi connectivity index (χ1n) is 6.66. The summed E-state index contributed by atoms with van der Waals surface area (Å²) >= 11 is 0. The van der Waals surface area contributed by atoms with Gasteiger partial charge in [0.1, 0.15) is 0 Å². The van der Waals surface area contributed by atoms with Gasteiger partial charge in [-0.3, -0.25) is 19.7 Å². The normalized spacial score (nSPS) is 18.1. The van der Waals surface area contributed by atoms with E-state index in [1.54, 1.807) is 18.2 Å². The molecule has 1 aromatic carbocycles. The van der Waals surface area contributed by atoms with Crippen LogP contribution >= 0.6 is 0 Å². The van der Waals surface area contributed by atoms with Crippen LogP contribution in [0.5, 0.6) is 0 Å². The van der Waals surface area contributed by atoms with Crippen molar-refractivity contribution in [1.82, 2.24) is 0 Å². The Labute approximate surface area is 126 Å². The largest absolute Gasteiger partial charge is 0.422 e. The van der Waals surface area contributed by atoms with Crippen LogP contribution in [0.1, 0.15) is 25.8 Å². The molecule has 1 aliphatic heterocycles. The predicted octanol–water partition coefficient (Wildman–Crippen LogP) is 2.45. The number of nitro groups is 1. The third kappa shape index (κ3) is 3.49. The number of hydrogen-bond acceptors (Lipinski definition) is 6. The summed E-state index contributed by atoms with van der Waals surface area (Å²) in [6.07, 6.45) is 3.08. The SMILES string of the molecule is CC1(C)OC(=O)C(C/C=C/c2ccccc2[N+](=O)[O-])C(=O)O1. The topological polar surface area (TPSA) is 95.7 Å². The molecule has 0 atom stereocenters. The van der Waals surface area contributed by atoms with E-state index in [1.165, 1.54) is 32.1 Å². The van der Waals surface area contributed by atoms with Gasteiger partial charge in [-0.15, -0.1) is 0 Å². The number of esters is 2. The Morgan fingerprint density at radius 1 is 1.23 bits per heavy atom. The lowest BCUT2D eigenvalue weighted by molar-refractivity contribution is -0.385. The quantitative estimate of drug-likeness (QED) is 0.367. The number of ether oxygens (including phenoxy) is 2. The summed E-state index contributed by atoms with van der Waals surface area (Å²) in [5.41, 5.74) is 0.346. The van der Waals surface area contributed by atoms with Crippen molar-refractivity contribution in [3.63, 3.8) is 0 Å². The van der Waals surface area contributed by atoms with Crippen molar-refractivity contribution < 1.29 is 24.0 Å².